The van der Waals surface area contributed by atoms with Crippen LogP contribution in [0.25, 0.3) is 0 Å². The fraction of sp³-hybridized carbons (Fsp3) is 0.571. The van der Waals surface area contributed by atoms with Crippen molar-refractivity contribution in [3.63, 3.8) is 0 Å². The van der Waals surface area contributed by atoms with Crippen molar-refractivity contribution in [3.05, 3.63) is 28.2 Å². The molecule has 21 heavy (non-hydrogen) atoms. The van der Waals surface area contributed by atoms with Gasteiger partial charge in [0.25, 0.3) is 0 Å². The number of nitrogens with one attached hydrogen (secondary N) is 2. The van der Waals surface area contributed by atoms with Gasteiger partial charge >= 0.3 is 0 Å². The van der Waals surface area contributed by atoms with Crippen molar-refractivity contribution in [1.82, 2.24) is 10.0 Å². The Kier molecular flexibility index (Phi) is 6.80. The molecule has 0 atom stereocenters. The lowest BCUT2D eigenvalue weighted by Crippen LogP contribution is -2.39. The summed E-state index contributed by atoms with van der Waals surface area (Å²) in [7, 11) is -2.01. The predicted octanol–water partition coefficient (Wildman–Crippen LogP) is 2.26. The molecular weight excluding hydrogens is 356 g/mol. The standard InChI is InChI=1S/C14H23BrN2O3S/c1-5-16-9-11-6-7-13(12(15)8-11)21(18,19)17-10-14(2,3)20-4/h6-8,16-17H,5,9-10H2,1-4H3. The molecule has 0 unspecified atom stereocenters. The van der Waals surface area contributed by atoms with Gasteiger partial charge in [-0.2, -0.15) is 0 Å². The minimum Gasteiger partial charge on any atom is -0.377 e. The molecule has 1 aromatic carbocycles. The lowest BCUT2D eigenvalue weighted by molar-refractivity contribution is 0.0276. The molecule has 0 aromatic heterocycles. The number of sulfonamides is 1. The monoisotopic (exact) mass is 378 g/mol. The Morgan fingerprint density at radius 3 is 2.52 bits per heavy atom. The van der Waals surface area contributed by atoms with Crippen LogP contribution in [-0.4, -0.2) is 34.2 Å². The number of hydrogen-bond donors (Lipinski definition) is 2. The summed E-state index contributed by atoms with van der Waals surface area (Å²) in [5, 5.41) is 3.20. The molecule has 0 aliphatic rings. The van der Waals surface area contributed by atoms with Crippen LogP contribution in [0.3, 0.4) is 0 Å². The van der Waals surface area contributed by atoms with E-state index in [1.54, 1.807) is 13.2 Å². The molecule has 0 fully saturated rings. The summed E-state index contributed by atoms with van der Waals surface area (Å²) >= 11 is 3.33. The Bertz CT molecular complexity index is 574. The molecule has 120 valence electrons. The molecule has 0 amide bonds. The van der Waals surface area contributed by atoms with Gasteiger partial charge in [-0.15, -0.1) is 0 Å². The van der Waals surface area contributed by atoms with Crippen LogP contribution in [-0.2, 0) is 21.3 Å². The van der Waals surface area contributed by atoms with Gasteiger partial charge in [-0.05, 0) is 54.0 Å². The van der Waals surface area contributed by atoms with E-state index in [4.69, 9.17) is 4.74 Å². The molecule has 0 aliphatic carbocycles. The fourth-order valence-corrected chi connectivity index (χ4v) is 3.88. The SMILES string of the molecule is CCNCc1ccc(S(=O)(=O)NCC(C)(C)OC)c(Br)c1. The highest BCUT2D eigenvalue weighted by atomic mass is 79.9. The van der Waals surface area contributed by atoms with Crippen LogP contribution in [0.1, 0.15) is 26.3 Å². The molecule has 7 heteroatoms. The lowest BCUT2D eigenvalue weighted by Gasteiger charge is -2.23. The molecule has 0 saturated heterocycles. The first-order chi connectivity index (χ1) is 9.72. The van der Waals surface area contributed by atoms with E-state index in [0.717, 1.165) is 12.1 Å². The quantitative estimate of drug-likeness (QED) is 0.727. The number of rotatable bonds is 8. The Morgan fingerprint density at radius 1 is 1.33 bits per heavy atom. The highest BCUT2D eigenvalue weighted by Crippen LogP contribution is 2.23. The molecule has 0 bridgehead atoms. The highest BCUT2D eigenvalue weighted by Gasteiger charge is 2.23. The minimum absolute atomic E-state index is 0.206. The van der Waals surface area contributed by atoms with Crippen molar-refractivity contribution in [2.45, 2.75) is 37.8 Å². The van der Waals surface area contributed by atoms with E-state index in [2.05, 4.69) is 26.0 Å². The molecule has 1 rings (SSSR count). The van der Waals surface area contributed by atoms with E-state index in [0.29, 0.717) is 11.0 Å². The second-order valence-corrected chi connectivity index (χ2v) is 7.92. The number of hydrogen-bond acceptors (Lipinski definition) is 4. The predicted molar refractivity (Wildman–Crippen MR) is 87.8 cm³/mol. The molecule has 1 aromatic rings. The van der Waals surface area contributed by atoms with Gasteiger partial charge in [0, 0.05) is 24.7 Å². The largest absolute Gasteiger partial charge is 0.377 e. The number of benzene rings is 1. The zero-order valence-corrected chi connectivity index (χ0v) is 15.3. The van der Waals surface area contributed by atoms with Gasteiger partial charge in [0.15, 0.2) is 0 Å². The van der Waals surface area contributed by atoms with Crippen LogP contribution in [0.4, 0.5) is 0 Å². The van der Waals surface area contributed by atoms with Crippen molar-refractivity contribution in [3.8, 4) is 0 Å². The maximum atomic E-state index is 12.3. The smallest absolute Gasteiger partial charge is 0.241 e. The van der Waals surface area contributed by atoms with Crippen molar-refractivity contribution in [1.29, 1.82) is 0 Å². The summed E-state index contributed by atoms with van der Waals surface area (Å²) < 4.78 is 33.0. The van der Waals surface area contributed by atoms with E-state index in [-0.39, 0.29) is 11.4 Å². The van der Waals surface area contributed by atoms with Gasteiger partial charge in [0.2, 0.25) is 10.0 Å². The topological polar surface area (TPSA) is 67.4 Å². The third kappa shape index (κ3) is 5.67. The van der Waals surface area contributed by atoms with E-state index in [1.807, 2.05) is 32.9 Å². The van der Waals surface area contributed by atoms with E-state index < -0.39 is 15.6 Å². The Labute approximate surface area is 135 Å². The summed E-state index contributed by atoms with van der Waals surface area (Å²) in [6.45, 7) is 7.45. The molecular formula is C14H23BrN2O3S. The van der Waals surface area contributed by atoms with Crippen molar-refractivity contribution < 1.29 is 13.2 Å². The highest BCUT2D eigenvalue weighted by molar-refractivity contribution is 9.10. The van der Waals surface area contributed by atoms with E-state index in [1.165, 1.54) is 0 Å². The zero-order valence-electron chi connectivity index (χ0n) is 12.9. The summed E-state index contributed by atoms with van der Waals surface area (Å²) in [6.07, 6.45) is 0. The van der Waals surface area contributed by atoms with Gasteiger partial charge in [-0.3, -0.25) is 0 Å². The molecule has 0 saturated carbocycles. The van der Waals surface area contributed by atoms with Crippen molar-refractivity contribution >= 4 is 26.0 Å². The first-order valence-corrected chi connectivity index (χ1v) is 9.03. The zero-order chi connectivity index (χ0) is 16.1. The third-order valence-electron chi connectivity index (χ3n) is 3.11. The van der Waals surface area contributed by atoms with Gasteiger partial charge in [0.1, 0.15) is 0 Å². The van der Waals surface area contributed by atoms with Crippen LogP contribution in [0.2, 0.25) is 0 Å². The minimum atomic E-state index is -3.57. The summed E-state index contributed by atoms with van der Waals surface area (Å²) in [5.74, 6) is 0. The second kappa shape index (κ2) is 7.69. The van der Waals surface area contributed by atoms with Gasteiger partial charge in [-0.25, -0.2) is 13.1 Å². The van der Waals surface area contributed by atoms with E-state index >= 15 is 0 Å². The molecule has 2 N–H and O–H groups in total. The normalized spacial score (nSPS) is 12.6. The van der Waals surface area contributed by atoms with Crippen LogP contribution >= 0.6 is 15.9 Å². The molecule has 5 nitrogen and oxygen atoms in total. The summed E-state index contributed by atoms with van der Waals surface area (Å²) in [5.41, 5.74) is 0.477. The van der Waals surface area contributed by atoms with Crippen molar-refractivity contribution in [2.24, 2.45) is 0 Å². The molecule has 0 aliphatic heterocycles. The Hall–Kier alpha value is -0.470. The average molecular weight is 379 g/mol. The van der Waals surface area contributed by atoms with Crippen LogP contribution in [0, 0.1) is 0 Å². The van der Waals surface area contributed by atoms with Gasteiger partial charge in [-0.1, -0.05) is 13.0 Å². The lowest BCUT2D eigenvalue weighted by atomic mass is 10.1. The third-order valence-corrected chi connectivity index (χ3v) is 5.48. The van der Waals surface area contributed by atoms with Crippen LogP contribution in [0.15, 0.2) is 27.6 Å². The van der Waals surface area contributed by atoms with E-state index in [9.17, 15) is 8.42 Å². The average Bonchev–Trinajstić information content (AvgIpc) is 2.43. The molecule has 0 radical (unpaired) electrons. The second-order valence-electron chi connectivity index (χ2n) is 5.33. The number of halogens is 1. The molecule has 0 spiro atoms. The van der Waals surface area contributed by atoms with Crippen LogP contribution < -0.4 is 10.0 Å². The van der Waals surface area contributed by atoms with Crippen LogP contribution in [0.5, 0.6) is 0 Å². The number of methoxy groups -OCH3 is 1. The molecule has 0 heterocycles. The first kappa shape index (κ1) is 18.6. The van der Waals surface area contributed by atoms with Crippen molar-refractivity contribution in [2.75, 3.05) is 20.2 Å². The Balaban J connectivity index is 2.88. The summed E-state index contributed by atoms with van der Waals surface area (Å²) in [4.78, 5) is 0.231. The number of ether oxygens (including phenoxy) is 1. The maximum Gasteiger partial charge on any atom is 0.241 e. The Morgan fingerprint density at radius 2 is 2.00 bits per heavy atom. The fourth-order valence-electron chi connectivity index (χ4n) is 1.56. The van der Waals surface area contributed by atoms with Gasteiger partial charge < -0.3 is 10.1 Å². The maximum absolute atomic E-state index is 12.3. The summed E-state index contributed by atoms with van der Waals surface area (Å²) in [6, 6.07) is 5.24. The van der Waals surface area contributed by atoms with Gasteiger partial charge in [0.05, 0.1) is 10.5 Å². The first-order valence-electron chi connectivity index (χ1n) is 6.76.